The quantitative estimate of drug-likeness (QED) is 0.520. The number of ketones is 1. The number of nitrogens with zero attached hydrogens (tertiary/aromatic N) is 1. The Balaban J connectivity index is 1.77. The van der Waals surface area contributed by atoms with Crippen LogP contribution in [0.2, 0.25) is 0 Å². The molecule has 0 atom stereocenters. The van der Waals surface area contributed by atoms with E-state index in [2.05, 4.69) is 4.98 Å². The molecule has 0 spiro atoms. The van der Waals surface area contributed by atoms with Gasteiger partial charge in [0.1, 0.15) is 5.58 Å². The Morgan fingerprint density at radius 2 is 1.54 bits per heavy atom. The second-order valence-corrected chi connectivity index (χ2v) is 5.94. The van der Waals surface area contributed by atoms with Crippen LogP contribution in [0.15, 0.2) is 88.1 Å². The van der Waals surface area contributed by atoms with Crippen LogP contribution in [0, 0.1) is 0 Å². The number of carbonyl (C=O) groups excluding carboxylic acids is 1. The third-order valence-electron chi connectivity index (χ3n) is 4.22. The predicted octanol–water partition coefficient (Wildman–Crippen LogP) is 4.28. The van der Waals surface area contributed by atoms with Gasteiger partial charge in [0.2, 0.25) is 5.89 Å². The summed E-state index contributed by atoms with van der Waals surface area (Å²) in [6, 6.07) is 23.5. The van der Waals surface area contributed by atoms with Crippen molar-refractivity contribution >= 4 is 16.8 Å². The molecule has 1 aromatic heterocycles. The monoisotopic (exact) mass is 341 g/mol. The molecule has 1 heterocycles. The van der Waals surface area contributed by atoms with Gasteiger partial charge in [0.15, 0.2) is 5.78 Å². The molecule has 0 radical (unpaired) electrons. The van der Waals surface area contributed by atoms with Gasteiger partial charge in [-0.05, 0) is 23.8 Å². The topological polar surface area (TPSA) is 60.2 Å². The molecule has 0 fully saturated rings. The van der Waals surface area contributed by atoms with Crippen molar-refractivity contribution in [1.82, 2.24) is 4.98 Å². The maximum atomic E-state index is 12.6. The van der Waals surface area contributed by atoms with Crippen molar-refractivity contribution in [3.8, 4) is 11.5 Å². The number of carbonyl (C=O) groups is 1. The minimum atomic E-state index is -0.342. The predicted molar refractivity (Wildman–Crippen MR) is 100 cm³/mol. The van der Waals surface area contributed by atoms with E-state index in [1.807, 2.05) is 42.5 Å². The van der Waals surface area contributed by atoms with E-state index in [0.29, 0.717) is 22.1 Å². The normalized spacial score (nSPS) is 10.8. The van der Waals surface area contributed by atoms with Crippen LogP contribution in [-0.4, -0.2) is 10.8 Å². The highest BCUT2D eigenvalue weighted by molar-refractivity contribution is 5.98. The fourth-order valence-electron chi connectivity index (χ4n) is 2.91. The first-order valence-corrected chi connectivity index (χ1v) is 8.29. The Morgan fingerprint density at radius 1 is 0.846 bits per heavy atom. The number of Topliss-reactive ketones (excluding diaryl/α,β-unsaturated/α-hetero) is 1. The van der Waals surface area contributed by atoms with Gasteiger partial charge in [0, 0.05) is 17.5 Å². The van der Waals surface area contributed by atoms with Crippen LogP contribution in [-0.2, 0) is 6.42 Å². The van der Waals surface area contributed by atoms with Gasteiger partial charge in [0.25, 0.3) is 5.56 Å². The van der Waals surface area contributed by atoms with Gasteiger partial charge in [-0.25, -0.2) is 0 Å². The van der Waals surface area contributed by atoms with Crippen LogP contribution in [0.3, 0.4) is 0 Å². The molecule has 0 aliphatic rings. The van der Waals surface area contributed by atoms with Crippen LogP contribution < -0.4 is 5.56 Å². The first-order chi connectivity index (χ1) is 12.7. The number of hydrogen-bond acceptors (Lipinski definition) is 4. The molecule has 126 valence electrons. The van der Waals surface area contributed by atoms with Gasteiger partial charge in [-0.3, -0.25) is 9.59 Å². The van der Waals surface area contributed by atoms with E-state index in [1.54, 1.807) is 36.4 Å². The lowest BCUT2D eigenvalue weighted by molar-refractivity contribution is 0.0993. The van der Waals surface area contributed by atoms with Gasteiger partial charge in [-0.1, -0.05) is 60.7 Å². The standard InChI is InChI=1S/C22H15NO3/c24-19(15-8-2-1-3-9-15)14-16-10-4-5-11-17(16)22-23-21(25)18-12-6-7-13-20(18)26-22/h1-13H,14H2. The third kappa shape index (κ3) is 3.05. The molecule has 0 bridgehead atoms. The summed E-state index contributed by atoms with van der Waals surface area (Å²) in [5.74, 6) is 0.228. The Hall–Kier alpha value is -3.53. The molecule has 4 rings (SSSR count). The largest absolute Gasteiger partial charge is 0.437 e. The van der Waals surface area contributed by atoms with E-state index in [1.165, 1.54) is 0 Å². The molecule has 0 N–H and O–H groups in total. The Morgan fingerprint density at radius 3 is 2.38 bits per heavy atom. The van der Waals surface area contributed by atoms with Gasteiger partial charge >= 0.3 is 0 Å². The summed E-state index contributed by atoms with van der Waals surface area (Å²) in [5.41, 5.74) is 2.21. The number of aromatic nitrogens is 1. The van der Waals surface area contributed by atoms with Crippen molar-refractivity contribution in [3.05, 3.63) is 100 Å². The molecular weight excluding hydrogens is 326 g/mol. The van der Waals surface area contributed by atoms with Gasteiger partial charge in [-0.15, -0.1) is 0 Å². The van der Waals surface area contributed by atoms with Crippen molar-refractivity contribution < 1.29 is 9.21 Å². The van der Waals surface area contributed by atoms with Crippen LogP contribution >= 0.6 is 0 Å². The van der Waals surface area contributed by atoms with E-state index < -0.39 is 0 Å². The van der Waals surface area contributed by atoms with E-state index in [0.717, 1.165) is 5.56 Å². The molecule has 4 aromatic rings. The molecule has 4 heteroatoms. The summed E-state index contributed by atoms with van der Waals surface area (Å²) in [7, 11) is 0. The summed E-state index contributed by atoms with van der Waals surface area (Å²) < 4.78 is 5.83. The zero-order valence-electron chi connectivity index (χ0n) is 13.9. The lowest BCUT2D eigenvalue weighted by Gasteiger charge is -2.08. The first-order valence-electron chi connectivity index (χ1n) is 8.29. The van der Waals surface area contributed by atoms with Crippen LogP contribution in [0.25, 0.3) is 22.4 Å². The van der Waals surface area contributed by atoms with E-state index in [4.69, 9.17) is 4.42 Å². The number of benzene rings is 3. The minimum absolute atomic E-state index is 0.00110. The highest BCUT2D eigenvalue weighted by Gasteiger charge is 2.15. The molecule has 0 aliphatic carbocycles. The van der Waals surface area contributed by atoms with Crippen LogP contribution in [0.1, 0.15) is 15.9 Å². The Labute approximate surface area is 149 Å². The molecule has 26 heavy (non-hydrogen) atoms. The van der Waals surface area contributed by atoms with E-state index in [9.17, 15) is 9.59 Å². The van der Waals surface area contributed by atoms with Crippen molar-refractivity contribution in [1.29, 1.82) is 0 Å². The summed E-state index contributed by atoms with van der Waals surface area (Å²) in [6.07, 6.45) is 0.207. The number of para-hydroxylation sites is 1. The molecule has 0 amide bonds. The van der Waals surface area contributed by atoms with E-state index in [-0.39, 0.29) is 23.7 Å². The third-order valence-corrected chi connectivity index (χ3v) is 4.22. The van der Waals surface area contributed by atoms with Gasteiger partial charge in [-0.2, -0.15) is 4.98 Å². The Kier molecular flexibility index (Phi) is 4.15. The Bertz CT molecular complexity index is 1150. The summed E-state index contributed by atoms with van der Waals surface area (Å²) in [5, 5.41) is 0.439. The highest BCUT2D eigenvalue weighted by atomic mass is 16.3. The first kappa shape index (κ1) is 16.0. The molecule has 3 aromatic carbocycles. The summed E-state index contributed by atoms with van der Waals surface area (Å²) in [6.45, 7) is 0. The summed E-state index contributed by atoms with van der Waals surface area (Å²) in [4.78, 5) is 28.9. The van der Waals surface area contributed by atoms with E-state index >= 15 is 0 Å². The lowest BCUT2D eigenvalue weighted by Crippen LogP contribution is -2.09. The summed E-state index contributed by atoms with van der Waals surface area (Å²) >= 11 is 0. The smallest absolute Gasteiger partial charge is 0.284 e. The average molecular weight is 341 g/mol. The zero-order chi connectivity index (χ0) is 17.9. The molecule has 4 nitrogen and oxygen atoms in total. The maximum absolute atomic E-state index is 12.6. The number of fused-ring (bicyclic) bond motifs is 1. The van der Waals surface area contributed by atoms with Crippen molar-refractivity contribution in [3.63, 3.8) is 0 Å². The lowest BCUT2D eigenvalue weighted by atomic mass is 9.98. The highest BCUT2D eigenvalue weighted by Crippen LogP contribution is 2.24. The van der Waals surface area contributed by atoms with Gasteiger partial charge < -0.3 is 4.42 Å². The number of hydrogen-bond donors (Lipinski definition) is 0. The molecule has 0 aliphatic heterocycles. The second-order valence-electron chi connectivity index (χ2n) is 5.94. The fraction of sp³-hybridized carbons (Fsp3) is 0.0455. The van der Waals surface area contributed by atoms with Gasteiger partial charge in [0.05, 0.1) is 5.39 Å². The van der Waals surface area contributed by atoms with Crippen molar-refractivity contribution in [2.45, 2.75) is 6.42 Å². The maximum Gasteiger partial charge on any atom is 0.284 e. The second kappa shape index (κ2) is 6.76. The molecule has 0 saturated heterocycles. The molecule has 0 unspecified atom stereocenters. The molecular formula is C22H15NO3. The zero-order valence-corrected chi connectivity index (χ0v) is 13.9. The molecule has 0 saturated carbocycles. The SMILES string of the molecule is O=C(Cc1ccccc1-c1nc(=O)c2ccccc2o1)c1ccccc1. The number of rotatable bonds is 4. The van der Waals surface area contributed by atoms with Crippen LogP contribution in [0.4, 0.5) is 0 Å². The minimum Gasteiger partial charge on any atom is -0.437 e. The van der Waals surface area contributed by atoms with Crippen molar-refractivity contribution in [2.75, 3.05) is 0 Å². The average Bonchev–Trinajstić information content (AvgIpc) is 2.69. The van der Waals surface area contributed by atoms with Crippen LogP contribution in [0.5, 0.6) is 0 Å². The fourth-order valence-corrected chi connectivity index (χ4v) is 2.91. The van der Waals surface area contributed by atoms with Crippen molar-refractivity contribution in [2.24, 2.45) is 0 Å².